The van der Waals surface area contributed by atoms with E-state index in [0.717, 1.165) is 0 Å². The lowest BCUT2D eigenvalue weighted by Gasteiger charge is -2.03. The molecule has 1 heterocycles. The highest BCUT2D eigenvalue weighted by Crippen LogP contribution is 2.15. The highest BCUT2D eigenvalue weighted by molar-refractivity contribution is 7.89. The largest absolute Gasteiger partial charge is 0.480 e. The Kier molecular flexibility index (Phi) is 3.05. The molecule has 0 amide bonds. The summed E-state index contributed by atoms with van der Waals surface area (Å²) in [5.74, 6) is -0.977. The molecular formula is C10H11N3O4S. The van der Waals surface area contributed by atoms with E-state index in [2.05, 4.69) is 10.5 Å². The van der Waals surface area contributed by atoms with E-state index in [1.807, 2.05) is 0 Å². The monoisotopic (exact) mass is 269 g/mol. The number of nitrogens with one attached hydrogen (secondary N) is 1. The van der Waals surface area contributed by atoms with Crippen molar-refractivity contribution in [2.75, 3.05) is 0 Å². The number of benzene rings is 1. The molecule has 0 aromatic heterocycles. The second-order valence-electron chi connectivity index (χ2n) is 3.85. The highest BCUT2D eigenvalue weighted by Gasteiger charge is 2.25. The van der Waals surface area contributed by atoms with E-state index >= 15 is 0 Å². The number of hydrazone groups is 1. The van der Waals surface area contributed by atoms with Crippen LogP contribution >= 0.6 is 0 Å². The van der Waals surface area contributed by atoms with E-state index < -0.39 is 22.0 Å². The number of nitrogens with zero attached hydrogens (tertiary/aromatic N) is 1. The fourth-order valence-electron chi connectivity index (χ4n) is 1.60. The first kappa shape index (κ1) is 12.5. The fourth-order valence-corrected chi connectivity index (χ4v) is 2.12. The molecule has 0 fully saturated rings. The molecule has 96 valence electrons. The average Bonchev–Trinajstić information content (AvgIpc) is 2.77. The normalized spacial score (nSPS) is 19.2. The summed E-state index contributed by atoms with van der Waals surface area (Å²) in [5, 5.41) is 17.7. The molecule has 1 aliphatic heterocycles. The minimum absolute atomic E-state index is 0.00703. The Bertz CT molecular complexity index is 607. The molecule has 1 aliphatic rings. The first-order valence-electron chi connectivity index (χ1n) is 5.06. The SMILES string of the molecule is NS(=O)(=O)c1ccc(C2=NNC(C(=O)O)C2)cc1. The molecule has 1 unspecified atom stereocenters. The van der Waals surface area contributed by atoms with Gasteiger partial charge in [0.25, 0.3) is 0 Å². The maximum absolute atomic E-state index is 11.1. The van der Waals surface area contributed by atoms with Crippen LogP contribution in [-0.2, 0) is 14.8 Å². The second-order valence-corrected chi connectivity index (χ2v) is 5.41. The van der Waals surface area contributed by atoms with E-state index in [4.69, 9.17) is 10.2 Å². The predicted molar refractivity (Wildman–Crippen MR) is 63.5 cm³/mol. The number of carboxylic acids is 1. The summed E-state index contributed by atoms with van der Waals surface area (Å²) >= 11 is 0. The minimum atomic E-state index is -3.72. The Morgan fingerprint density at radius 3 is 2.44 bits per heavy atom. The Balaban J connectivity index is 2.20. The van der Waals surface area contributed by atoms with Gasteiger partial charge in [0, 0.05) is 6.42 Å². The van der Waals surface area contributed by atoms with E-state index in [-0.39, 0.29) is 11.3 Å². The lowest BCUT2D eigenvalue weighted by Crippen LogP contribution is -2.29. The zero-order valence-corrected chi connectivity index (χ0v) is 10.0. The molecule has 2 rings (SSSR count). The third kappa shape index (κ3) is 2.49. The maximum Gasteiger partial charge on any atom is 0.328 e. The first-order valence-corrected chi connectivity index (χ1v) is 6.60. The van der Waals surface area contributed by atoms with Crippen LogP contribution in [0.5, 0.6) is 0 Å². The molecule has 0 spiro atoms. The zero-order valence-electron chi connectivity index (χ0n) is 9.20. The number of aliphatic carboxylic acids is 1. The molecule has 1 aromatic rings. The van der Waals surface area contributed by atoms with Gasteiger partial charge in [0.2, 0.25) is 10.0 Å². The molecule has 4 N–H and O–H groups in total. The lowest BCUT2D eigenvalue weighted by atomic mass is 10.0. The van der Waals surface area contributed by atoms with Crippen molar-refractivity contribution in [2.24, 2.45) is 10.2 Å². The van der Waals surface area contributed by atoms with Crippen LogP contribution in [0.2, 0.25) is 0 Å². The summed E-state index contributed by atoms with van der Waals surface area (Å²) in [7, 11) is -3.72. The van der Waals surface area contributed by atoms with Crippen molar-refractivity contribution in [3.8, 4) is 0 Å². The number of primary sulfonamides is 1. The second kappa shape index (κ2) is 4.39. The molecule has 7 nitrogen and oxygen atoms in total. The number of rotatable bonds is 3. The topological polar surface area (TPSA) is 122 Å². The molecule has 0 radical (unpaired) electrons. The minimum Gasteiger partial charge on any atom is -0.480 e. The number of sulfonamides is 1. The molecule has 0 saturated carbocycles. The van der Waals surface area contributed by atoms with Gasteiger partial charge in [-0.2, -0.15) is 5.10 Å². The number of hydrogen-bond donors (Lipinski definition) is 3. The number of nitrogens with two attached hydrogens (primary N) is 1. The third-order valence-electron chi connectivity index (χ3n) is 2.57. The van der Waals surface area contributed by atoms with Crippen molar-refractivity contribution in [3.05, 3.63) is 29.8 Å². The molecule has 18 heavy (non-hydrogen) atoms. The maximum atomic E-state index is 11.1. The van der Waals surface area contributed by atoms with E-state index in [0.29, 0.717) is 11.3 Å². The predicted octanol–water partition coefficient (Wildman–Crippen LogP) is -0.515. The van der Waals surface area contributed by atoms with Crippen LogP contribution in [0, 0.1) is 0 Å². The summed E-state index contributed by atoms with van der Waals surface area (Å²) in [6, 6.07) is 5.08. The molecule has 0 saturated heterocycles. The summed E-state index contributed by atoms with van der Waals surface area (Å²) in [6.07, 6.45) is 0.254. The number of carbonyl (C=O) groups is 1. The van der Waals surface area contributed by atoms with Crippen molar-refractivity contribution in [3.63, 3.8) is 0 Å². The molecule has 0 bridgehead atoms. The third-order valence-corrected chi connectivity index (χ3v) is 3.50. The van der Waals surface area contributed by atoms with Gasteiger partial charge in [0.05, 0.1) is 10.6 Å². The summed E-state index contributed by atoms with van der Waals surface area (Å²) < 4.78 is 22.1. The Morgan fingerprint density at radius 2 is 2.00 bits per heavy atom. The van der Waals surface area contributed by atoms with Gasteiger partial charge in [-0.1, -0.05) is 12.1 Å². The van der Waals surface area contributed by atoms with Crippen molar-refractivity contribution in [2.45, 2.75) is 17.4 Å². The van der Waals surface area contributed by atoms with Gasteiger partial charge in [-0.05, 0) is 17.7 Å². The zero-order chi connectivity index (χ0) is 13.3. The van der Waals surface area contributed by atoms with Crippen LogP contribution in [0.15, 0.2) is 34.3 Å². The van der Waals surface area contributed by atoms with E-state index in [1.54, 1.807) is 12.1 Å². The smallest absolute Gasteiger partial charge is 0.328 e. The standard InChI is InChI=1S/C10H11N3O4S/c11-18(16,17)7-3-1-6(2-4-7)8-5-9(10(14)15)13-12-8/h1-4,9,13H,5H2,(H,14,15)(H2,11,16,17). The van der Waals surface area contributed by atoms with Crippen molar-refractivity contribution >= 4 is 21.7 Å². The van der Waals surface area contributed by atoms with E-state index in [9.17, 15) is 13.2 Å². The van der Waals surface area contributed by atoms with Crippen LogP contribution in [0.1, 0.15) is 12.0 Å². The van der Waals surface area contributed by atoms with Crippen LogP contribution in [0.25, 0.3) is 0 Å². The van der Waals surface area contributed by atoms with Crippen LogP contribution < -0.4 is 10.6 Å². The molecule has 8 heteroatoms. The average molecular weight is 269 g/mol. The summed E-state index contributed by atoms with van der Waals surface area (Å²) in [5.41, 5.74) is 3.73. The Labute approximate surface area is 103 Å². The molecule has 0 aliphatic carbocycles. The lowest BCUT2D eigenvalue weighted by molar-refractivity contribution is -0.139. The first-order chi connectivity index (χ1) is 8.38. The van der Waals surface area contributed by atoms with Gasteiger partial charge in [-0.25, -0.2) is 18.4 Å². The van der Waals surface area contributed by atoms with E-state index in [1.165, 1.54) is 12.1 Å². The fraction of sp³-hybridized carbons (Fsp3) is 0.200. The molecular weight excluding hydrogens is 258 g/mol. The van der Waals surface area contributed by atoms with Crippen LogP contribution in [0.4, 0.5) is 0 Å². The Hall–Kier alpha value is -1.93. The van der Waals surface area contributed by atoms with Crippen LogP contribution in [0.3, 0.4) is 0 Å². The van der Waals surface area contributed by atoms with Crippen molar-refractivity contribution in [1.82, 2.24) is 5.43 Å². The number of hydrogen-bond acceptors (Lipinski definition) is 5. The van der Waals surface area contributed by atoms with Crippen LogP contribution in [-0.4, -0.2) is 31.2 Å². The van der Waals surface area contributed by atoms with Crippen molar-refractivity contribution in [1.29, 1.82) is 0 Å². The van der Waals surface area contributed by atoms with Gasteiger partial charge < -0.3 is 5.11 Å². The van der Waals surface area contributed by atoms with Crippen molar-refractivity contribution < 1.29 is 18.3 Å². The Morgan fingerprint density at radius 1 is 1.39 bits per heavy atom. The molecule has 1 atom stereocenters. The number of carboxylic acid groups (broad SMARTS) is 1. The summed E-state index contributed by atoms with van der Waals surface area (Å²) in [4.78, 5) is 10.7. The van der Waals surface area contributed by atoms with Gasteiger partial charge >= 0.3 is 5.97 Å². The van der Waals surface area contributed by atoms with Gasteiger partial charge in [-0.3, -0.25) is 5.43 Å². The van der Waals surface area contributed by atoms with Gasteiger partial charge in [-0.15, -0.1) is 0 Å². The summed E-state index contributed by atoms with van der Waals surface area (Å²) in [6.45, 7) is 0. The van der Waals surface area contributed by atoms with Gasteiger partial charge in [0.1, 0.15) is 6.04 Å². The van der Waals surface area contributed by atoms with Gasteiger partial charge in [0.15, 0.2) is 0 Å². The molecule has 1 aromatic carbocycles. The quantitative estimate of drug-likeness (QED) is 0.681. The highest BCUT2D eigenvalue weighted by atomic mass is 32.2.